The Bertz CT molecular complexity index is 529. The van der Waals surface area contributed by atoms with Crippen LogP contribution in [0.25, 0.3) is 0 Å². The van der Waals surface area contributed by atoms with E-state index in [0.717, 1.165) is 36.1 Å². The van der Waals surface area contributed by atoms with E-state index >= 15 is 0 Å². The Hall–Kier alpha value is -0.640. The third-order valence-corrected chi connectivity index (χ3v) is 4.49. The van der Waals surface area contributed by atoms with Crippen molar-refractivity contribution in [3.8, 4) is 0 Å². The highest BCUT2D eigenvalue weighted by atomic mass is 35.6. The Balaban J connectivity index is 2.63. The minimum atomic E-state index is -1.64. The van der Waals surface area contributed by atoms with Crippen molar-refractivity contribution < 1.29 is 4.79 Å². The highest BCUT2D eigenvalue weighted by Gasteiger charge is 2.34. The van der Waals surface area contributed by atoms with E-state index in [-0.39, 0.29) is 5.91 Å². The molecule has 136 valence electrons. The zero-order chi connectivity index (χ0) is 18.2. The predicted octanol–water partition coefficient (Wildman–Crippen LogP) is 5.89. The first-order valence-corrected chi connectivity index (χ1v) is 9.57. The van der Waals surface area contributed by atoms with Gasteiger partial charge < -0.3 is 10.6 Å². The fourth-order valence-electron chi connectivity index (χ4n) is 2.37. The van der Waals surface area contributed by atoms with Gasteiger partial charge in [0.2, 0.25) is 9.70 Å². The number of halogens is 3. The number of anilines is 1. The van der Waals surface area contributed by atoms with Crippen LogP contribution in [-0.4, -0.2) is 15.9 Å². The van der Waals surface area contributed by atoms with Crippen LogP contribution >= 0.6 is 34.8 Å². The van der Waals surface area contributed by atoms with Crippen LogP contribution in [0, 0.1) is 13.8 Å². The first-order chi connectivity index (χ1) is 11.2. The van der Waals surface area contributed by atoms with Crippen LogP contribution in [0.2, 0.25) is 0 Å². The molecule has 1 aromatic carbocycles. The normalized spacial score (nSPS) is 12.8. The largest absolute Gasteiger partial charge is 0.362 e. The number of carbonyl (C=O) groups excluding carboxylic acids is 1. The highest BCUT2D eigenvalue weighted by Crippen LogP contribution is 2.32. The van der Waals surface area contributed by atoms with Gasteiger partial charge in [0.05, 0.1) is 0 Å². The van der Waals surface area contributed by atoms with E-state index < -0.39 is 9.96 Å². The molecule has 0 saturated heterocycles. The fraction of sp³-hybridized carbons (Fsp3) is 0.611. The van der Waals surface area contributed by atoms with Gasteiger partial charge in [0, 0.05) is 12.1 Å². The van der Waals surface area contributed by atoms with E-state index in [9.17, 15) is 4.79 Å². The topological polar surface area (TPSA) is 41.1 Å². The van der Waals surface area contributed by atoms with Crippen LogP contribution in [0.4, 0.5) is 5.69 Å². The van der Waals surface area contributed by atoms with Gasteiger partial charge in [0.25, 0.3) is 0 Å². The van der Waals surface area contributed by atoms with E-state index in [1.54, 1.807) is 0 Å². The van der Waals surface area contributed by atoms with E-state index in [1.807, 2.05) is 32.0 Å². The Morgan fingerprint density at radius 2 is 1.79 bits per heavy atom. The van der Waals surface area contributed by atoms with Crippen molar-refractivity contribution in [3.05, 3.63) is 29.3 Å². The van der Waals surface area contributed by atoms with Crippen LogP contribution in [-0.2, 0) is 4.79 Å². The Labute approximate surface area is 160 Å². The van der Waals surface area contributed by atoms with Gasteiger partial charge in [-0.15, -0.1) is 0 Å². The second-order valence-electron chi connectivity index (χ2n) is 6.17. The lowest BCUT2D eigenvalue weighted by Gasteiger charge is -2.28. The van der Waals surface area contributed by atoms with Gasteiger partial charge in [0.1, 0.15) is 6.17 Å². The summed E-state index contributed by atoms with van der Waals surface area (Å²) in [7, 11) is 0. The minimum Gasteiger partial charge on any atom is -0.362 e. The second-order valence-corrected chi connectivity index (χ2v) is 8.54. The first-order valence-electron chi connectivity index (χ1n) is 8.44. The number of nitrogens with one attached hydrogen (secondary N) is 2. The molecule has 0 spiro atoms. The second kappa shape index (κ2) is 10.4. The van der Waals surface area contributed by atoms with Crippen molar-refractivity contribution in [2.45, 2.75) is 69.3 Å². The molecule has 2 N–H and O–H groups in total. The average Bonchev–Trinajstić information content (AvgIpc) is 2.49. The van der Waals surface area contributed by atoms with Gasteiger partial charge in [-0.05, 0) is 37.5 Å². The summed E-state index contributed by atoms with van der Waals surface area (Å²) in [6.45, 7) is 6.12. The minimum absolute atomic E-state index is 0.111. The molecule has 0 unspecified atom stereocenters. The average molecular weight is 394 g/mol. The molecule has 0 saturated carbocycles. The molecule has 1 aromatic rings. The summed E-state index contributed by atoms with van der Waals surface area (Å²) >= 11 is 18.1. The van der Waals surface area contributed by atoms with E-state index in [4.69, 9.17) is 34.8 Å². The molecule has 0 aliphatic rings. The lowest BCUT2D eigenvalue weighted by Crippen LogP contribution is -2.49. The van der Waals surface area contributed by atoms with Crippen LogP contribution in [0.15, 0.2) is 18.2 Å². The molecule has 0 aliphatic carbocycles. The SMILES string of the molecule is CCCCCCCC(=O)N[C@H](Nc1cc(C)ccc1C)C(Cl)(Cl)Cl. The van der Waals surface area contributed by atoms with Crippen LogP contribution in [0.5, 0.6) is 0 Å². The summed E-state index contributed by atoms with van der Waals surface area (Å²) in [5.74, 6) is -0.111. The van der Waals surface area contributed by atoms with E-state index in [1.165, 1.54) is 12.8 Å². The Kier molecular flexibility index (Phi) is 9.25. The summed E-state index contributed by atoms with van der Waals surface area (Å²) in [5, 5.41) is 5.94. The maximum Gasteiger partial charge on any atom is 0.228 e. The maximum atomic E-state index is 12.1. The molecule has 6 heteroatoms. The van der Waals surface area contributed by atoms with Crippen molar-refractivity contribution >= 4 is 46.4 Å². The number of hydrogen-bond donors (Lipinski definition) is 2. The molecule has 0 aromatic heterocycles. The standard InChI is InChI=1S/C18H27Cl3N2O/c1-4-5-6-7-8-9-16(24)23-17(18(19,20)21)22-15-12-13(2)10-11-14(15)3/h10-12,17,22H,4-9H2,1-3H3,(H,23,24)/t17-/m0/s1. The van der Waals surface area contributed by atoms with Crippen molar-refractivity contribution in [1.29, 1.82) is 0 Å². The lowest BCUT2D eigenvalue weighted by atomic mass is 10.1. The van der Waals surface area contributed by atoms with Gasteiger partial charge >= 0.3 is 0 Å². The number of benzene rings is 1. The smallest absolute Gasteiger partial charge is 0.228 e. The summed E-state index contributed by atoms with van der Waals surface area (Å²) in [4.78, 5) is 12.1. The van der Waals surface area contributed by atoms with Crippen LogP contribution in [0.3, 0.4) is 0 Å². The third-order valence-electron chi connectivity index (χ3n) is 3.83. The molecule has 0 aliphatic heterocycles. The van der Waals surface area contributed by atoms with Crippen LogP contribution in [0.1, 0.15) is 56.6 Å². The Morgan fingerprint density at radius 3 is 2.42 bits per heavy atom. The maximum absolute atomic E-state index is 12.1. The fourth-order valence-corrected chi connectivity index (χ4v) is 2.70. The summed E-state index contributed by atoms with van der Waals surface area (Å²) in [5.41, 5.74) is 2.96. The number of unbranched alkanes of at least 4 members (excludes halogenated alkanes) is 4. The molecular weight excluding hydrogens is 367 g/mol. The summed E-state index contributed by atoms with van der Waals surface area (Å²) in [6, 6.07) is 5.97. The summed E-state index contributed by atoms with van der Waals surface area (Å²) < 4.78 is -1.64. The van der Waals surface area contributed by atoms with Crippen molar-refractivity contribution in [3.63, 3.8) is 0 Å². The number of hydrogen-bond acceptors (Lipinski definition) is 2. The predicted molar refractivity (Wildman–Crippen MR) is 105 cm³/mol. The van der Waals surface area contributed by atoms with Crippen molar-refractivity contribution in [1.82, 2.24) is 5.32 Å². The highest BCUT2D eigenvalue weighted by molar-refractivity contribution is 6.68. The zero-order valence-electron chi connectivity index (χ0n) is 14.6. The van der Waals surface area contributed by atoms with E-state index in [2.05, 4.69) is 17.6 Å². The quantitative estimate of drug-likeness (QED) is 0.312. The van der Waals surface area contributed by atoms with E-state index in [0.29, 0.717) is 6.42 Å². The van der Waals surface area contributed by atoms with Gasteiger partial charge in [-0.2, -0.15) is 0 Å². The van der Waals surface area contributed by atoms with Gasteiger partial charge in [-0.3, -0.25) is 4.79 Å². The monoisotopic (exact) mass is 392 g/mol. The van der Waals surface area contributed by atoms with Gasteiger partial charge in [-0.1, -0.05) is 79.5 Å². The zero-order valence-corrected chi connectivity index (χ0v) is 16.9. The molecule has 0 fully saturated rings. The molecule has 0 radical (unpaired) electrons. The molecule has 1 atom stereocenters. The van der Waals surface area contributed by atoms with Crippen molar-refractivity contribution in [2.24, 2.45) is 0 Å². The van der Waals surface area contributed by atoms with Gasteiger partial charge in [0.15, 0.2) is 0 Å². The number of amides is 1. The molecule has 0 heterocycles. The molecule has 0 bridgehead atoms. The molecule has 1 rings (SSSR count). The third kappa shape index (κ3) is 7.96. The number of carbonyl (C=O) groups is 1. The van der Waals surface area contributed by atoms with Crippen LogP contribution < -0.4 is 10.6 Å². The summed E-state index contributed by atoms with van der Waals surface area (Å²) in [6.07, 6.45) is 5.08. The van der Waals surface area contributed by atoms with Crippen molar-refractivity contribution in [2.75, 3.05) is 5.32 Å². The number of aryl methyl sites for hydroxylation is 2. The number of rotatable bonds is 9. The molecular formula is C18H27Cl3N2O. The molecule has 24 heavy (non-hydrogen) atoms. The van der Waals surface area contributed by atoms with Gasteiger partial charge in [-0.25, -0.2) is 0 Å². The molecule has 1 amide bonds. The molecule has 3 nitrogen and oxygen atoms in total. The first kappa shape index (κ1) is 21.4. The lowest BCUT2D eigenvalue weighted by molar-refractivity contribution is -0.121. The number of alkyl halides is 3. The Morgan fingerprint density at radius 1 is 1.12 bits per heavy atom.